The van der Waals surface area contributed by atoms with Gasteiger partial charge in [0.15, 0.2) is 5.60 Å². The molecule has 3 aromatic rings. The Hall–Kier alpha value is -2.80. The molecule has 4 rings (SSSR count). The van der Waals surface area contributed by atoms with E-state index in [2.05, 4.69) is 86.7 Å². The summed E-state index contributed by atoms with van der Waals surface area (Å²) in [6.07, 6.45) is 4.36. The van der Waals surface area contributed by atoms with Gasteiger partial charge < -0.3 is 4.74 Å². The van der Waals surface area contributed by atoms with Crippen LogP contribution in [0.3, 0.4) is 0 Å². The maximum absolute atomic E-state index is 6.64. The third kappa shape index (κ3) is 2.33. The Morgan fingerprint density at radius 2 is 1.25 bits per heavy atom. The van der Waals surface area contributed by atoms with E-state index in [-0.39, 0.29) is 0 Å². The van der Waals surface area contributed by atoms with Gasteiger partial charge in [-0.3, -0.25) is 0 Å². The van der Waals surface area contributed by atoms with E-state index in [9.17, 15) is 0 Å². The molecule has 0 spiro atoms. The molecule has 0 saturated heterocycles. The number of benzene rings is 3. The van der Waals surface area contributed by atoms with Crippen molar-refractivity contribution in [2.75, 3.05) is 0 Å². The molecule has 0 radical (unpaired) electrons. The van der Waals surface area contributed by atoms with Gasteiger partial charge in [0, 0.05) is 16.7 Å². The molecule has 1 heterocycles. The van der Waals surface area contributed by atoms with Crippen molar-refractivity contribution in [2.45, 2.75) is 19.4 Å². The molecule has 1 nitrogen and oxygen atoms in total. The number of ether oxygens (including phenoxy) is 1. The van der Waals surface area contributed by atoms with Gasteiger partial charge in [-0.1, -0.05) is 66.7 Å². The lowest BCUT2D eigenvalue weighted by Crippen LogP contribution is -2.34. The minimum absolute atomic E-state index is 0.586. The van der Waals surface area contributed by atoms with Gasteiger partial charge in [0.05, 0.1) is 0 Å². The molecular weight excluding hydrogens is 292 g/mol. The molecule has 0 amide bonds. The van der Waals surface area contributed by atoms with E-state index < -0.39 is 5.60 Å². The SMILES string of the molecule is Cc1cc2c(cc1C)OC(c1ccccc1)(c1ccccc1)C=C2. The van der Waals surface area contributed by atoms with Crippen molar-refractivity contribution >= 4 is 6.08 Å². The molecule has 1 aliphatic rings. The first-order chi connectivity index (χ1) is 11.7. The zero-order chi connectivity index (χ0) is 16.6. The lowest BCUT2D eigenvalue weighted by atomic mass is 9.83. The van der Waals surface area contributed by atoms with Crippen LogP contribution in [0.4, 0.5) is 0 Å². The van der Waals surface area contributed by atoms with Crippen molar-refractivity contribution in [1.82, 2.24) is 0 Å². The van der Waals surface area contributed by atoms with Crippen LogP contribution in [0, 0.1) is 13.8 Å². The van der Waals surface area contributed by atoms with Gasteiger partial charge >= 0.3 is 0 Å². The summed E-state index contributed by atoms with van der Waals surface area (Å²) in [6, 6.07) is 25.2. The standard InChI is InChI=1S/C23H20O/c1-17-15-19-13-14-23(20-9-5-3-6-10-20,21-11-7-4-8-12-21)24-22(19)16-18(17)2/h3-16H,1-2H3. The molecule has 118 valence electrons. The summed E-state index contributed by atoms with van der Waals surface area (Å²) < 4.78 is 6.64. The topological polar surface area (TPSA) is 9.23 Å². The molecule has 3 aromatic carbocycles. The Kier molecular flexibility index (Phi) is 3.50. The molecule has 0 unspecified atom stereocenters. The second-order valence-electron chi connectivity index (χ2n) is 6.38. The van der Waals surface area contributed by atoms with Crippen LogP contribution >= 0.6 is 0 Å². The zero-order valence-electron chi connectivity index (χ0n) is 14.0. The Balaban J connectivity index is 1.92. The van der Waals surface area contributed by atoms with E-state index in [4.69, 9.17) is 4.74 Å². The summed E-state index contributed by atoms with van der Waals surface area (Å²) in [5.74, 6) is 0.938. The van der Waals surface area contributed by atoms with Gasteiger partial charge in [-0.05, 0) is 43.2 Å². The number of fused-ring (bicyclic) bond motifs is 1. The normalized spacial score (nSPS) is 14.8. The van der Waals surface area contributed by atoms with Crippen LogP contribution in [0.1, 0.15) is 27.8 Å². The van der Waals surface area contributed by atoms with Crippen molar-refractivity contribution in [3.05, 3.63) is 107 Å². The van der Waals surface area contributed by atoms with Gasteiger partial charge in [-0.2, -0.15) is 0 Å². The second kappa shape index (κ2) is 5.68. The predicted molar refractivity (Wildman–Crippen MR) is 99.2 cm³/mol. The first kappa shape index (κ1) is 14.8. The van der Waals surface area contributed by atoms with Crippen molar-refractivity contribution < 1.29 is 4.74 Å². The average Bonchev–Trinajstić information content (AvgIpc) is 2.64. The highest BCUT2D eigenvalue weighted by atomic mass is 16.5. The van der Waals surface area contributed by atoms with Gasteiger partial charge in [-0.15, -0.1) is 0 Å². The Labute approximate surface area is 143 Å². The Morgan fingerprint density at radius 1 is 0.708 bits per heavy atom. The zero-order valence-corrected chi connectivity index (χ0v) is 14.0. The van der Waals surface area contributed by atoms with Crippen molar-refractivity contribution in [3.63, 3.8) is 0 Å². The van der Waals surface area contributed by atoms with Crippen LogP contribution in [-0.2, 0) is 5.60 Å². The second-order valence-corrected chi connectivity index (χ2v) is 6.38. The average molecular weight is 312 g/mol. The van der Waals surface area contributed by atoms with Crippen molar-refractivity contribution in [2.24, 2.45) is 0 Å². The monoisotopic (exact) mass is 312 g/mol. The number of hydrogen-bond donors (Lipinski definition) is 0. The van der Waals surface area contributed by atoms with E-state index in [0.717, 1.165) is 22.4 Å². The number of rotatable bonds is 2. The first-order valence-corrected chi connectivity index (χ1v) is 8.29. The van der Waals surface area contributed by atoms with E-state index >= 15 is 0 Å². The smallest absolute Gasteiger partial charge is 0.178 e. The minimum atomic E-state index is -0.586. The lowest BCUT2D eigenvalue weighted by molar-refractivity contribution is 0.161. The van der Waals surface area contributed by atoms with E-state index in [0.29, 0.717) is 0 Å². The fourth-order valence-corrected chi connectivity index (χ4v) is 3.29. The third-order valence-corrected chi connectivity index (χ3v) is 4.80. The lowest BCUT2D eigenvalue weighted by Gasteiger charge is -2.36. The molecule has 0 fully saturated rings. The van der Waals surface area contributed by atoms with Gasteiger partial charge in [0.25, 0.3) is 0 Å². The Bertz CT molecular complexity index is 853. The molecular formula is C23H20O. The van der Waals surface area contributed by atoms with Crippen LogP contribution in [0.5, 0.6) is 5.75 Å². The molecule has 1 heteroatoms. The van der Waals surface area contributed by atoms with Crippen molar-refractivity contribution in [1.29, 1.82) is 0 Å². The maximum Gasteiger partial charge on any atom is 0.178 e. The summed E-state index contributed by atoms with van der Waals surface area (Å²) >= 11 is 0. The molecule has 0 bridgehead atoms. The highest BCUT2D eigenvalue weighted by Gasteiger charge is 2.36. The third-order valence-electron chi connectivity index (χ3n) is 4.80. The molecule has 0 aliphatic carbocycles. The summed E-state index contributed by atoms with van der Waals surface area (Å²) in [5.41, 5.74) is 5.36. The van der Waals surface area contributed by atoms with Crippen LogP contribution in [-0.4, -0.2) is 0 Å². The fourth-order valence-electron chi connectivity index (χ4n) is 3.29. The van der Waals surface area contributed by atoms with E-state index in [1.165, 1.54) is 11.1 Å². The van der Waals surface area contributed by atoms with E-state index in [1.54, 1.807) is 0 Å². The molecule has 0 aromatic heterocycles. The van der Waals surface area contributed by atoms with E-state index in [1.807, 2.05) is 12.1 Å². The number of hydrogen-bond acceptors (Lipinski definition) is 1. The minimum Gasteiger partial charge on any atom is -0.473 e. The highest BCUT2D eigenvalue weighted by molar-refractivity contribution is 5.66. The van der Waals surface area contributed by atoms with Crippen LogP contribution in [0.2, 0.25) is 0 Å². The summed E-state index contributed by atoms with van der Waals surface area (Å²) in [4.78, 5) is 0. The first-order valence-electron chi connectivity index (χ1n) is 8.29. The van der Waals surface area contributed by atoms with Crippen LogP contribution < -0.4 is 4.74 Å². The molecule has 0 saturated carbocycles. The quantitative estimate of drug-likeness (QED) is 0.594. The maximum atomic E-state index is 6.64. The van der Waals surface area contributed by atoms with Crippen molar-refractivity contribution in [3.8, 4) is 5.75 Å². The van der Waals surface area contributed by atoms with Gasteiger partial charge in [0.1, 0.15) is 5.75 Å². The molecule has 0 atom stereocenters. The number of aryl methyl sites for hydroxylation is 2. The van der Waals surface area contributed by atoms with Gasteiger partial charge in [-0.25, -0.2) is 0 Å². The Morgan fingerprint density at radius 3 is 1.83 bits per heavy atom. The summed E-state index contributed by atoms with van der Waals surface area (Å²) in [5, 5.41) is 0. The predicted octanol–water partition coefficient (Wildman–Crippen LogP) is 5.65. The summed E-state index contributed by atoms with van der Waals surface area (Å²) in [7, 11) is 0. The van der Waals surface area contributed by atoms with Crippen LogP contribution in [0.25, 0.3) is 6.08 Å². The molecule has 24 heavy (non-hydrogen) atoms. The highest BCUT2D eigenvalue weighted by Crippen LogP contribution is 2.42. The largest absolute Gasteiger partial charge is 0.473 e. The van der Waals surface area contributed by atoms with Crippen LogP contribution in [0.15, 0.2) is 78.9 Å². The molecule has 0 N–H and O–H groups in total. The van der Waals surface area contributed by atoms with Gasteiger partial charge in [0.2, 0.25) is 0 Å². The fraction of sp³-hybridized carbons (Fsp3) is 0.130. The summed E-state index contributed by atoms with van der Waals surface area (Å²) in [6.45, 7) is 4.27. The molecule has 1 aliphatic heterocycles.